The van der Waals surface area contributed by atoms with Crippen molar-refractivity contribution in [3.63, 3.8) is 0 Å². The molecule has 0 radical (unpaired) electrons. The van der Waals surface area contributed by atoms with E-state index in [1.165, 1.54) is 0 Å². The molecule has 1 atom stereocenters. The van der Waals surface area contributed by atoms with E-state index in [9.17, 15) is 9.59 Å². The van der Waals surface area contributed by atoms with Crippen LogP contribution in [0.3, 0.4) is 0 Å². The zero-order chi connectivity index (χ0) is 10.9. The van der Waals surface area contributed by atoms with Crippen LogP contribution in [0.1, 0.15) is 26.7 Å². The highest BCUT2D eigenvalue weighted by Crippen LogP contribution is 2.26. The van der Waals surface area contributed by atoms with Crippen molar-refractivity contribution in [2.24, 2.45) is 5.73 Å². The number of aliphatic carboxylic acids is 1. The van der Waals surface area contributed by atoms with E-state index in [0.29, 0.717) is 13.0 Å². The van der Waals surface area contributed by atoms with Gasteiger partial charge in [0.15, 0.2) is 0 Å². The lowest BCUT2D eigenvalue weighted by Crippen LogP contribution is -2.56. The summed E-state index contributed by atoms with van der Waals surface area (Å²) in [6.45, 7) is 3.94. The quantitative estimate of drug-likeness (QED) is 0.660. The number of carbonyl (C=O) groups excluding carboxylic acids is 1. The maximum atomic E-state index is 11.2. The van der Waals surface area contributed by atoms with E-state index < -0.39 is 23.5 Å². The van der Waals surface area contributed by atoms with Gasteiger partial charge in [0.05, 0.1) is 5.54 Å². The molecular weight excluding hydrogens is 184 g/mol. The van der Waals surface area contributed by atoms with Crippen LogP contribution in [0.25, 0.3) is 0 Å². The number of primary amides is 1. The van der Waals surface area contributed by atoms with Gasteiger partial charge >= 0.3 is 5.97 Å². The first-order valence-electron chi connectivity index (χ1n) is 4.67. The summed E-state index contributed by atoms with van der Waals surface area (Å²) in [6.07, 6.45) is 1.39. The Bertz CT molecular complexity index is 263. The zero-order valence-electron chi connectivity index (χ0n) is 8.49. The summed E-state index contributed by atoms with van der Waals surface area (Å²) in [5, 5.41) is 8.93. The molecule has 1 heterocycles. The molecule has 0 aromatic heterocycles. The maximum Gasteiger partial charge on any atom is 0.320 e. The third kappa shape index (κ3) is 1.72. The first-order valence-corrected chi connectivity index (χ1v) is 4.67. The molecule has 1 amide bonds. The van der Waals surface area contributed by atoms with E-state index in [0.717, 1.165) is 6.42 Å². The first kappa shape index (κ1) is 11.0. The molecule has 1 unspecified atom stereocenters. The highest BCUT2D eigenvalue weighted by molar-refractivity contribution is 5.85. The third-order valence-corrected chi connectivity index (χ3v) is 2.86. The number of carboxylic acids is 1. The van der Waals surface area contributed by atoms with E-state index in [4.69, 9.17) is 10.8 Å². The van der Waals surface area contributed by atoms with Crippen molar-refractivity contribution >= 4 is 11.9 Å². The number of nitrogens with zero attached hydrogens (tertiary/aromatic N) is 1. The number of hydrogen-bond acceptors (Lipinski definition) is 3. The molecule has 1 fully saturated rings. The van der Waals surface area contributed by atoms with E-state index in [-0.39, 0.29) is 0 Å². The van der Waals surface area contributed by atoms with Crippen LogP contribution in [-0.2, 0) is 9.59 Å². The summed E-state index contributed by atoms with van der Waals surface area (Å²) < 4.78 is 0. The largest absolute Gasteiger partial charge is 0.480 e. The molecule has 0 saturated carbocycles. The van der Waals surface area contributed by atoms with E-state index in [1.807, 2.05) is 0 Å². The fourth-order valence-corrected chi connectivity index (χ4v) is 1.83. The molecule has 1 rings (SSSR count). The summed E-state index contributed by atoms with van der Waals surface area (Å²) in [5.74, 6) is -1.36. The highest BCUT2D eigenvalue weighted by Gasteiger charge is 2.42. The van der Waals surface area contributed by atoms with Gasteiger partial charge in [0.25, 0.3) is 0 Å². The lowest BCUT2D eigenvalue weighted by atomic mass is 10.0. The molecule has 3 N–H and O–H groups in total. The molecule has 1 aliphatic heterocycles. The standard InChI is InChI=1S/C9H16N2O3/c1-9(2,8(10)14)11-5-3-4-6(11)7(12)13/h6H,3-5H2,1-2H3,(H2,10,14)(H,12,13). The van der Waals surface area contributed by atoms with Gasteiger partial charge < -0.3 is 10.8 Å². The van der Waals surface area contributed by atoms with Gasteiger partial charge in [-0.25, -0.2) is 0 Å². The predicted octanol–water partition coefficient (Wildman–Crippen LogP) is -0.201. The smallest absolute Gasteiger partial charge is 0.320 e. The Labute approximate surface area is 82.9 Å². The van der Waals surface area contributed by atoms with Gasteiger partial charge in [-0.15, -0.1) is 0 Å². The Morgan fingerprint density at radius 1 is 1.50 bits per heavy atom. The number of rotatable bonds is 3. The van der Waals surface area contributed by atoms with Crippen molar-refractivity contribution in [2.45, 2.75) is 38.3 Å². The van der Waals surface area contributed by atoms with Crippen molar-refractivity contribution in [1.82, 2.24) is 4.90 Å². The Morgan fingerprint density at radius 3 is 2.50 bits per heavy atom. The fourth-order valence-electron chi connectivity index (χ4n) is 1.83. The van der Waals surface area contributed by atoms with Gasteiger partial charge in [-0.2, -0.15) is 0 Å². The fraction of sp³-hybridized carbons (Fsp3) is 0.778. The molecule has 0 aromatic rings. The van der Waals surface area contributed by atoms with Gasteiger partial charge in [0.1, 0.15) is 6.04 Å². The minimum absolute atomic E-state index is 0.481. The molecule has 14 heavy (non-hydrogen) atoms. The van der Waals surface area contributed by atoms with Crippen molar-refractivity contribution in [3.8, 4) is 0 Å². The zero-order valence-corrected chi connectivity index (χ0v) is 8.49. The van der Waals surface area contributed by atoms with E-state index in [2.05, 4.69) is 0 Å². The maximum absolute atomic E-state index is 11.2. The number of likely N-dealkylation sites (tertiary alicyclic amines) is 1. The minimum Gasteiger partial charge on any atom is -0.480 e. The van der Waals surface area contributed by atoms with Gasteiger partial charge in [-0.05, 0) is 26.7 Å². The Morgan fingerprint density at radius 2 is 2.07 bits per heavy atom. The second kappa shape index (κ2) is 3.57. The topological polar surface area (TPSA) is 83.6 Å². The van der Waals surface area contributed by atoms with Crippen LogP contribution in [0.15, 0.2) is 0 Å². The molecule has 0 aromatic carbocycles. The van der Waals surface area contributed by atoms with Crippen molar-refractivity contribution in [2.75, 3.05) is 6.54 Å². The second-order valence-electron chi connectivity index (χ2n) is 4.11. The minimum atomic E-state index is -0.878. The van der Waals surface area contributed by atoms with Crippen molar-refractivity contribution in [3.05, 3.63) is 0 Å². The van der Waals surface area contributed by atoms with Crippen molar-refractivity contribution in [1.29, 1.82) is 0 Å². The summed E-state index contributed by atoms with van der Waals surface area (Å²) in [4.78, 5) is 23.7. The SMILES string of the molecule is CC(C)(C(N)=O)N1CCCC1C(=O)O. The summed E-state index contributed by atoms with van der Waals surface area (Å²) >= 11 is 0. The third-order valence-electron chi connectivity index (χ3n) is 2.86. The number of carbonyl (C=O) groups is 2. The van der Waals surface area contributed by atoms with E-state index in [1.54, 1.807) is 18.7 Å². The van der Waals surface area contributed by atoms with Crippen LogP contribution in [0.5, 0.6) is 0 Å². The average Bonchev–Trinajstić information content (AvgIpc) is 2.51. The van der Waals surface area contributed by atoms with Crippen LogP contribution in [0.4, 0.5) is 0 Å². The van der Waals surface area contributed by atoms with Crippen LogP contribution >= 0.6 is 0 Å². The van der Waals surface area contributed by atoms with Gasteiger partial charge in [-0.3, -0.25) is 14.5 Å². The lowest BCUT2D eigenvalue weighted by molar-refractivity contribution is -0.146. The monoisotopic (exact) mass is 200 g/mol. The van der Waals surface area contributed by atoms with Gasteiger partial charge in [0, 0.05) is 6.54 Å². The molecular formula is C9H16N2O3. The Kier molecular flexibility index (Phi) is 2.80. The van der Waals surface area contributed by atoms with Crippen LogP contribution in [0.2, 0.25) is 0 Å². The van der Waals surface area contributed by atoms with E-state index >= 15 is 0 Å². The number of hydrogen-bond donors (Lipinski definition) is 2. The average molecular weight is 200 g/mol. The molecule has 1 aliphatic rings. The van der Waals surface area contributed by atoms with Crippen LogP contribution in [-0.4, -0.2) is 40.0 Å². The van der Waals surface area contributed by atoms with Crippen LogP contribution in [0, 0.1) is 0 Å². The molecule has 0 spiro atoms. The molecule has 1 saturated heterocycles. The highest BCUT2D eigenvalue weighted by atomic mass is 16.4. The summed E-state index contributed by atoms with van der Waals surface area (Å²) in [6, 6.07) is -0.572. The summed E-state index contributed by atoms with van der Waals surface area (Å²) in [7, 11) is 0. The van der Waals surface area contributed by atoms with Gasteiger partial charge in [0.2, 0.25) is 5.91 Å². The molecule has 80 valence electrons. The van der Waals surface area contributed by atoms with Gasteiger partial charge in [-0.1, -0.05) is 0 Å². The molecule has 0 bridgehead atoms. The molecule has 0 aliphatic carbocycles. The predicted molar refractivity (Wildman–Crippen MR) is 50.6 cm³/mol. The van der Waals surface area contributed by atoms with Crippen molar-refractivity contribution < 1.29 is 14.7 Å². The summed E-state index contributed by atoms with van der Waals surface area (Å²) in [5.41, 5.74) is 4.36. The normalized spacial score (nSPS) is 23.7. The lowest BCUT2D eigenvalue weighted by Gasteiger charge is -2.35. The number of nitrogens with two attached hydrogens (primary N) is 1. The van der Waals surface area contributed by atoms with Crippen LogP contribution < -0.4 is 5.73 Å². The molecule has 5 nitrogen and oxygen atoms in total. The number of amides is 1. The first-order chi connectivity index (χ1) is 6.37. The number of carboxylic acid groups (broad SMARTS) is 1. The molecule has 5 heteroatoms. The Balaban J connectivity index is 2.86. The Hall–Kier alpha value is -1.10. The second-order valence-corrected chi connectivity index (χ2v) is 4.11.